The Balaban J connectivity index is 1.42. The summed E-state index contributed by atoms with van der Waals surface area (Å²) in [5.74, 6) is 0.263. The van der Waals surface area contributed by atoms with Gasteiger partial charge < -0.3 is 15.0 Å². The molecule has 3 rings (SSSR count). The lowest BCUT2D eigenvalue weighted by atomic mass is 9.98. The summed E-state index contributed by atoms with van der Waals surface area (Å²) < 4.78 is 5.46. The molecule has 3 fully saturated rings. The van der Waals surface area contributed by atoms with Gasteiger partial charge in [-0.15, -0.1) is 0 Å². The molecule has 0 aromatic carbocycles. The smallest absolute Gasteiger partial charge is 0.251 e. The SMILES string of the molecule is CC(C#N)(NC(=O)CN1CCN(C(=O)C2CCCO2)CC1)C1CC1. The van der Waals surface area contributed by atoms with Gasteiger partial charge in [0.2, 0.25) is 5.91 Å². The summed E-state index contributed by atoms with van der Waals surface area (Å²) in [6.07, 6.45) is 3.52. The highest BCUT2D eigenvalue weighted by molar-refractivity contribution is 5.81. The van der Waals surface area contributed by atoms with Crippen molar-refractivity contribution in [2.75, 3.05) is 39.3 Å². The summed E-state index contributed by atoms with van der Waals surface area (Å²) in [7, 11) is 0. The Bertz CT molecular complexity index is 528. The first-order chi connectivity index (χ1) is 11.5. The van der Waals surface area contributed by atoms with Crippen molar-refractivity contribution in [3.8, 4) is 6.07 Å². The van der Waals surface area contributed by atoms with Gasteiger partial charge in [-0.1, -0.05) is 0 Å². The number of hydrogen-bond donors (Lipinski definition) is 1. The zero-order chi connectivity index (χ0) is 17.2. The molecule has 2 heterocycles. The minimum absolute atomic E-state index is 0.0855. The quantitative estimate of drug-likeness (QED) is 0.772. The molecule has 0 bridgehead atoms. The number of amides is 2. The Morgan fingerprint density at radius 2 is 1.96 bits per heavy atom. The van der Waals surface area contributed by atoms with E-state index >= 15 is 0 Å². The van der Waals surface area contributed by atoms with E-state index < -0.39 is 5.54 Å². The predicted molar refractivity (Wildman–Crippen MR) is 86.9 cm³/mol. The highest BCUT2D eigenvalue weighted by atomic mass is 16.5. The van der Waals surface area contributed by atoms with Crippen molar-refractivity contribution in [3.63, 3.8) is 0 Å². The van der Waals surface area contributed by atoms with Gasteiger partial charge in [-0.05, 0) is 38.5 Å². The maximum Gasteiger partial charge on any atom is 0.251 e. The van der Waals surface area contributed by atoms with Crippen molar-refractivity contribution >= 4 is 11.8 Å². The van der Waals surface area contributed by atoms with Gasteiger partial charge in [-0.2, -0.15) is 5.26 Å². The van der Waals surface area contributed by atoms with Crippen LogP contribution in [0.3, 0.4) is 0 Å². The van der Waals surface area contributed by atoms with Crippen LogP contribution in [0.15, 0.2) is 0 Å². The Kier molecular flexibility index (Phi) is 5.07. The third kappa shape index (κ3) is 3.87. The summed E-state index contributed by atoms with van der Waals surface area (Å²) in [6.45, 7) is 5.38. The third-order valence-electron chi connectivity index (χ3n) is 5.28. The third-order valence-corrected chi connectivity index (χ3v) is 5.28. The molecule has 132 valence electrons. The summed E-state index contributed by atoms with van der Waals surface area (Å²) >= 11 is 0. The molecule has 1 aliphatic carbocycles. The second-order valence-electron chi connectivity index (χ2n) is 7.24. The van der Waals surface area contributed by atoms with Crippen LogP contribution in [0, 0.1) is 17.2 Å². The van der Waals surface area contributed by atoms with E-state index in [1.165, 1.54) is 0 Å². The van der Waals surface area contributed by atoms with E-state index in [0.29, 0.717) is 32.8 Å². The van der Waals surface area contributed by atoms with Gasteiger partial charge in [-0.3, -0.25) is 14.5 Å². The lowest BCUT2D eigenvalue weighted by Gasteiger charge is -2.35. The van der Waals surface area contributed by atoms with Gasteiger partial charge in [0.1, 0.15) is 11.6 Å². The van der Waals surface area contributed by atoms with Crippen LogP contribution in [0.1, 0.15) is 32.6 Å². The van der Waals surface area contributed by atoms with Crippen molar-refractivity contribution < 1.29 is 14.3 Å². The molecule has 0 spiro atoms. The highest BCUT2D eigenvalue weighted by Gasteiger charge is 2.43. The number of ether oxygens (including phenoxy) is 1. The average Bonchev–Trinajstić information content (AvgIpc) is 3.31. The van der Waals surface area contributed by atoms with E-state index in [9.17, 15) is 14.9 Å². The maximum absolute atomic E-state index is 12.3. The molecular weight excluding hydrogens is 308 g/mol. The first-order valence-electron chi connectivity index (χ1n) is 8.87. The lowest BCUT2D eigenvalue weighted by Crippen LogP contribution is -2.55. The standard InChI is InChI=1S/C17H26N4O3/c1-17(12-18,13-4-5-13)19-15(22)11-20-6-8-21(9-7-20)16(23)14-3-2-10-24-14/h13-14H,2-11H2,1H3,(H,19,22). The number of piperazine rings is 1. The number of carbonyl (C=O) groups excluding carboxylic acids is 2. The fraction of sp³-hybridized carbons (Fsp3) is 0.824. The number of nitriles is 1. The van der Waals surface area contributed by atoms with Gasteiger partial charge in [0.15, 0.2) is 0 Å². The molecule has 0 radical (unpaired) electrons. The molecular formula is C17H26N4O3. The summed E-state index contributed by atoms with van der Waals surface area (Å²) in [4.78, 5) is 28.4. The van der Waals surface area contributed by atoms with E-state index in [0.717, 1.165) is 25.7 Å². The highest BCUT2D eigenvalue weighted by Crippen LogP contribution is 2.39. The van der Waals surface area contributed by atoms with Gasteiger partial charge in [0.25, 0.3) is 5.91 Å². The topological polar surface area (TPSA) is 85.7 Å². The van der Waals surface area contributed by atoms with Gasteiger partial charge in [-0.25, -0.2) is 0 Å². The van der Waals surface area contributed by atoms with Crippen molar-refractivity contribution in [2.24, 2.45) is 5.92 Å². The molecule has 2 saturated heterocycles. The second kappa shape index (κ2) is 7.08. The van der Waals surface area contributed by atoms with Gasteiger partial charge >= 0.3 is 0 Å². The van der Waals surface area contributed by atoms with Crippen LogP contribution in [-0.2, 0) is 14.3 Å². The van der Waals surface area contributed by atoms with E-state index in [1.807, 2.05) is 9.80 Å². The Hall–Kier alpha value is -1.65. The predicted octanol–water partition coefficient (Wildman–Crippen LogP) is 0.118. The van der Waals surface area contributed by atoms with Crippen molar-refractivity contribution in [3.05, 3.63) is 0 Å². The number of hydrogen-bond acceptors (Lipinski definition) is 5. The van der Waals surface area contributed by atoms with Crippen molar-refractivity contribution in [1.82, 2.24) is 15.1 Å². The first-order valence-corrected chi connectivity index (χ1v) is 8.87. The number of carbonyl (C=O) groups is 2. The molecule has 2 unspecified atom stereocenters. The van der Waals surface area contributed by atoms with E-state index in [1.54, 1.807) is 6.92 Å². The van der Waals surface area contributed by atoms with E-state index in [4.69, 9.17) is 4.74 Å². The van der Waals surface area contributed by atoms with Crippen molar-refractivity contribution in [2.45, 2.75) is 44.2 Å². The summed E-state index contributed by atoms with van der Waals surface area (Å²) in [5, 5.41) is 12.2. The van der Waals surface area contributed by atoms with E-state index in [-0.39, 0.29) is 30.4 Å². The zero-order valence-corrected chi connectivity index (χ0v) is 14.3. The monoisotopic (exact) mass is 334 g/mol. The minimum Gasteiger partial charge on any atom is -0.368 e. The van der Waals surface area contributed by atoms with Crippen LogP contribution in [0.25, 0.3) is 0 Å². The van der Waals surface area contributed by atoms with E-state index in [2.05, 4.69) is 11.4 Å². The lowest BCUT2D eigenvalue weighted by molar-refractivity contribution is -0.142. The molecule has 0 aromatic rings. The van der Waals surface area contributed by atoms with Crippen LogP contribution in [-0.4, -0.2) is 72.6 Å². The van der Waals surface area contributed by atoms with Crippen LogP contribution in [0.5, 0.6) is 0 Å². The normalized spacial score (nSPS) is 27.3. The van der Waals surface area contributed by atoms with Crippen LogP contribution < -0.4 is 5.32 Å². The molecule has 2 aliphatic heterocycles. The largest absolute Gasteiger partial charge is 0.368 e. The molecule has 24 heavy (non-hydrogen) atoms. The molecule has 2 amide bonds. The number of rotatable bonds is 5. The summed E-state index contributed by atoms with van der Waals surface area (Å²) in [5.41, 5.74) is -0.741. The molecule has 1 N–H and O–H groups in total. The minimum atomic E-state index is -0.741. The molecule has 2 atom stereocenters. The van der Waals surface area contributed by atoms with Gasteiger partial charge in [0, 0.05) is 32.8 Å². The maximum atomic E-state index is 12.3. The van der Waals surface area contributed by atoms with Crippen LogP contribution >= 0.6 is 0 Å². The molecule has 1 saturated carbocycles. The fourth-order valence-electron chi connectivity index (χ4n) is 3.52. The molecule has 0 aromatic heterocycles. The second-order valence-corrected chi connectivity index (χ2v) is 7.24. The molecule has 7 heteroatoms. The van der Waals surface area contributed by atoms with Gasteiger partial charge in [0.05, 0.1) is 12.6 Å². The summed E-state index contributed by atoms with van der Waals surface area (Å²) in [6, 6.07) is 2.24. The Morgan fingerprint density at radius 1 is 1.25 bits per heavy atom. The van der Waals surface area contributed by atoms with Crippen LogP contribution in [0.2, 0.25) is 0 Å². The Morgan fingerprint density at radius 3 is 2.50 bits per heavy atom. The first kappa shape index (κ1) is 17.2. The van der Waals surface area contributed by atoms with Crippen LogP contribution in [0.4, 0.5) is 0 Å². The number of nitrogens with one attached hydrogen (secondary N) is 1. The Labute approximate surface area is 142 Å². The van der Waals surface area contributed by atoms with Crippen molar-refractivity contribution in [1.29, 1.82) is 5.26 Å². The molecule has 7 nitrogen and oxygen atoms in total. The number of nitrogens with zero attached hydrogens (tertiary/aromatic N) is 3. The molecule has 3 aliphatic rings. The zero-order valence-electron chi connectivity index (χ0n) is 14.3. The fourth-order valence-corrected chi connectivity index (χ4v) is 3.52. The average molecular weight is 334 g/mol.